The number of aryl methyl sites for hydroxylation is 1. The van der Waals surface area contributed by atoms with Crippen molar-refractivity contribution in [2.24, 2.45) is 0 Å². The first kappa shape index (κ1) is 21.0. The van der Waals surface area contributed by atoms with Crippen LogP contribution in [0.5, 0.6) is 0 Å². The standard InChI is InChI=1S/C20H25F3N4O3/c1-13-8-17(20(21,22)23)27-18(24-13)9-16(25-27)14-5-6-26(10-14)19(28)12-29-11-15-4-2-3-7-30-15/h8-9,14-15H,2-7,10-12H2,1H3. The molecule has 1 amide bonds. The Kier molecular flexibility index (Phi) is 5.97. The average molecular weight is 426 g/mol. The first-order valence-corrected chi connectivity index (χ1v) is 10.2. The number of aromatic nitrogens is 3. The summed E-state index contributed by atoms with van der Waals surface area (Å²) in [5.74, 6) is -0.249. The van der Waals surface area contributed by atoms with Gasteiger partial charge in [0.05, 0.1) is 18.4 Å². The molecule has 7 nitrogen and oxygen atoms in total. The molecule has 30 heavy (non-hydrogen) atoms. The predicted molar refractivity (Wildman–Crippen MR) is 101 cm³/mol. The van der Waals surface area contributed by atoms with Crippen LogP contribution in [0.25, 0.3) is 5.65 Å². The Morgan fingerprint density at radius 2 is 2.13 bits per heavy atom. The summed E-state index contributed by atoms with van der Waals surface area (Å²) in [6.45, 7) is 3.58. The summed E-state index contributed by atoms with van der Waals surface area (Å²) < 4.78 is 52.0. The Balaban J connectivity index is 1.38. The van der Waals surface area contributed by atoms with E-state index in [0.717, 1.165) is 36.5 Å². The number of carbonyl (C=O) groups is 1. The third-order valence-electron chi connectivity index (χ3n) is 5.63. The lowest BCUT2D eigenvalue weighted by molar-refractivity contribution is -0.142. The molecule has 2 aromatic heterocycles. The van der Waals surface area contributed by atoms with E-state index in [4.69, 9.17) is 9.47 Å². The Morgan fingerprint density at radius 1 is 1.30 bits per heavy atom. The van der Waals surface area contributed by atoms with Gasteiger partial charge in [-0.2, -0.15) is 18.3 Å². The molecule has 4 heterocycles. The minimum absolute atomic E-state index is 0.0171. The summed E-state index contributed by atoms with van der Waals surface area (Å²) in [6.07, 6.45) is -0.712. The quantitative estimate of drug-likeness (QED) is 0.735. The van der Waals surface area contributed by atoms with Crippen LogP contribution >= 0.6 is 0 Å². The van der Waals surface area contributed by atoms with E-state index in [1.807, 2.05) is 0 Å². The molecule has 2 aliphatic rings. The minimum Gasteiger partial charge on any atom is -0.376 e. The van der Waals surface area contributed by atoms with Crippen LogP contribution in [0.2, 0.25) is 0 Å². The van der Waals surface area contributed by atoms with Gasteiger partial charge in [-0.05, 0) is 38.7 Å². The van der Waals surface area contributed by atoms with Gasteiger partial charge in [0.25, 0.3) is 0 Å². The number of nitrogens with zero attached hydrogens (tertiary/aromatic N) is 4. The highest BCUT2D eigenvalue weighted by molar-refractivity contribution is 5.77. The fourth-order valence-corrected chi connectivity index (χ4v) is 4.06. The molecule has 2 atom stereocenters. The lowest BCUT2D eigenvalue weighted by Crippen LogP contribution is -2.33. The van der Waals surface area contributed by atoms with Gasteiger partial charge < -0.3 is 14.4 Å². The van der Waals surface area contributed by atoms with Crippen LogP contribution in [0.15, 0.2) is 12.1 Å². The van der Waals surface area contributed by atoms with Gasteiger partial charge in [0, 0.05) is 37.4 Å². The number of likely N-dealkylation sites (tertiary alicyclic amines) is 1. The van der Waals surface area contributed by atoms with Crippen LogP contribution in [0, 0.1) is 6.92 Å². The number of alkyl halides is 3. The molecular formula is C20H25F3N4O3. The molecule has 0 aromatic carbocycles. The van der Waals surface area contributed by atoms with Gasteiger partial charge in [-0.25, -0.2) is 9.50 Å². The van der Waals surface area contributed by atoms with Crippen molar-refractivity contribution in [1.82, 2.24) is 19.5 Å². The maximum atomic E-state index is 13.3. The Labute approximate surface area is 172 Å². The van der Waals surface area contributed by atoms with E-state index >= 15 is 0 Å². The van der Waals surface area contributed by atoms with Crippen LogP contribution in [-0.2, 0) is 20.4 Å². The molecule has 0 saturated carbocycles. The number of hydrogen-bond donors (Lipinski definition) is 0. The van der Waals surface area contributed by atoms with Crippen LogP contribution in [0.3, 0.4) is 0 Å². The van der Waals surface area contributed by atoms with Gasteiger partial charge >= 0.3 is 6.18 Å². The lowest BCUT2D eigenvalue weighted by Gasteiger charge is -2.23. The van der Waals surface area contributed by atoms with Gasteiger partial charge in [0.1, 0.15) is 12.3 Å². The monoisotopic (exact) mass is 426 g/mol. The summed E-state index contributed by atoms with van der Waals surface area (Å²) in [5.41, 5.74) is 0.118. The molecule has 2 unspecified atom stereocenters. The van der Waals surface area contributed by atoms with Crippen molar-refractivity contribution in [3.05, 3.63) is 29.2 Å². The second-order valence-electron chi connectivity index (χ2n) is 7.95. The third kappa shape index (κ3) is 4.59. The number of fused-ring (bicyclic) bond motifs is 1. The van der Waals surface area contributed by atoms with Gasteiger partial charge in [-0.1, -0.05) is 0 Å². The molecule has 2 saturated heterocycles. The molecule has 164 valence electrons. The first-order chi connectivity index (χ1) is 14.3. The van der Waals surface area contributed by atoms with Crippen molar-refractivity contribution in [3.63, 3.8) is 0 Å². The molecule has 2 aliphatic heterocycles. The molecule has 0 aliphatic carbocycles. The molecule has 0 radical (unpaired) electrons. The highest BCUT2D eigenvalue weighted by Gasteiger charge is 2.36. The van der Waals surface area contributed by atoms with Crippen molar-refractivity contribution in [2.45, 2.75) is 50.8 Å². The summed E-state index contributed by atoms with van der Waals surface area (Å²) in [5, 5.41) is 4.17. The zero-order chi connectivity index (χ0) is 21.3. The second kappa shape index (κ2) is 8.50. The van der Waals surface area contributed by atoms with Gasteiger partial charge in [0.15, 0.2) is 5.65 Å². The summed E-state index contributed by atoms with van der Waals surface area (Å²) in [4.78, 5) is 18.3. The molecule has 0 N–H and O–H groups in total. The Morgan fingerprint density at radius 3 is 2.87 bits per heavy atom. The van der Waals surface area contributed by atoms with Crippen LogP contribution < -0.4 is 0 Å². The van der Waals surface area contributed by atoms with Crippen LogP contribution in [0.1, 0.15) is 48.7 Å². The van der Waals surface area contributed by atoms with Crippen LogP contribution in [-0.4, -0.2) is 64.4 Å². The highest BCUT2D eigenvalue weighted by Crippen LogP contribution is 2.32. The summed E-state index contributed by atoms with van der Waals surface area (Å²) >= 11 is 0. The number of rotatable bonds is 5. The first-order valence-electron chi connectivity index (χ1n) is 10.2. The Hall–Kier alpha value is -2.20. The van der Waals surface area contributed by atoms with E-state index in [2.05, 4.69) is 10.1 Å². The number of hydrogen-bond acceptors (Lipinski definition) is 5. The van der Waals surface area contributed by atoms with Crippen molar-refractivity contribution < 1.29 is 27.4 Å². The van der Waals surface area contributed by atoms with Gasteiger partial charge in [-0.15, -0.1) is 0 Å². The molecule has 2 aromatic rings. The second-order valence-corrected chi connectivity index (χ2v) is 7.95. The van der Waals surface area contributed by atoms with E-state index in [1.54, 1.807) is 11.0 Å². The molecular weight excluding hydrogens is 401 g/mol. The van der Waals surface area contributed by atoms with Crippen LogP contribution in [0.4, 0.5) is 13.2 Å². The molecule has 4 rings (SSSR count). The van der Waals surface area contributed by atoms with E-state index in [0.29, 0.717) is 31.8 Å². The number of halogens is 3. The summed E-state index contributed by atoms with van der Waals surface area (Å²) in [7, 11) is 0. The van der Waals surface area contributed by atoms with Crippen molar-refractivity contribution >= 4 is 11.6 Å². The molecule has 0 bridgehead atoms. The fraction of sp³-hybridized carbons (Fsp3) is 0.650. The van der Waals surface area contributed by atoms with E-state index in [1.165, 1.54) is 6.92 Å². The number of ether oxygens (including phenoxy) is 2. The van der Waals surface area contributed by atoms with Gasteiger partial charge in [0.2, 0.25) is 5.91 Å². The topological polar surface area (TPSA) is 69.0 Å². The number of carbonyl (C=O) groups excluding carboxylic acids is 1. The maximum absolute atomic E-state index is 13.3. The maximum Gasteiger partial charge on any atom is 0.433 e. The van der Waals surface area contributed by atoms with E-state index in [9.17, 15) is 18.0 Å². The smallest absolute Gasteiger partial charge is 0.376 e. The lowest BCUT2D eigenvalue weighted by atomic mass is 10.1. The fourth-order valence-electron chi connectivity index (χ4n) is 4.06. The minimum atomic E-state index is -4.52. The normalized spacial score (nSPS) is 22.7. The largest absolute Gasteiger partial charge is 0.433 e. The van der Waals surface area contributed by atoms with Crippen molar-refractivity contribution in [2.75, 3.05) is 32.9 Å². The zero-order valence-corrected chi connectivity index (χ0v) is 16.8. The van der Waals surface area contributed by atoms with Gasteiger partial charge in [-0.3, -0.25) is 4.79 Å². The zero-order valence-electron chi connectivity index (χ0n) is 16.8. The van der Waals surface area contributed by atoms with Crippen molar-refractivity contribution in [3.8, 4) is 0 Å². The number of amides is 1. The van der Waals surface area contributed by atoms with E-state index < -0.39 is 11.9 Å². The summed E-state index contributed by atoms with van der Waals surface area (Å²) in [6, 6.07) is 2.57. The molecule has 10 heteroatoms. The third-order valence-corrected chi connectivity index (χ3v) is 5.63. The SMILES string of the molecule is Cc1cc(C(F)(F)F)n2nc(C3CCN(C(=O)COCC4CCCCO4)C3)cc2n1. The Bertz CT molecular complexity index is 909. The predicted octanol–water partition coefficient (Wildman–Crippen LogP) is 2.96. The van der Waals surface area contributed by atoms with Crippen molar-refractivity contribution in [1.29, 1.82) is 0 Å². The highest BCUT2D eigenvalue weighted by atomic mass is 19.4. The van der Waals surface area contributed by atoms with E-state index in [-0.39, 0.29) is 35.9 Å². The molecule has 2 fully saturated rings. The average Bonchev–Trinajstić information content (AvgIpc) is 3.34. The molecule has 0 spiro atoms.